The van der Waals surface area contributed by atoms with Crippen molar-refractivity contribution in [1.29, 1.82) is 0 Å². The van der Waals surface area contributed by atoms with Crippen molar-refractivity contribution in [2.24, 2.45) is 10.2 Å². The standard InChI is InChI=1S/C15H12ClN3O/c1-9-6-7-12-10(8-9)14(15(20)17-12)19-18-13-5-3-2-4-11(13)16/h2-8,17,20H,1H3. The molecule has 0 amide bonds. The summed E-state index contributed by atoms with van der Waals surface area (Å²) < 4.78 is 0. The topological polar surface area (TPSA) is 60.7 Å². The van der Waals surface area contributed by atoms with Gasteiger partial charge in [0.2, 0.25) is 5.88 Å². The van der Waals surface area contributed by atoms with Crippen LogP contribution in [0.2, 0.25) is 5.02 Å². The van der Waals surface area contributed by atoms with E-state index in [0.717, 1.165) is 16.5 Å². The van der Waals surface area contributed by atoms with Crippen LogP contribution in [0.3, 0.4) is 0 Å². The molecule has 20 heavy (non-hydrogen) atoms. The number of benzene rings is 2. The number of hydrogen-bond acceptors (Lipinski definition) is 3. The maximum atomic E-state index is 9.93. The number of halogens is 1. The quantitative estimate of drug-likeness (QED) is 0.621. The highest BCUT2D eigenvalue weighted by atomic mass is 35.5. The first-order valence-corrected chi connectivity index (χ1v) is 6.50. The van der Waals surface area contributed by atoms with Crippen molar-refractivity contribution in [3.8, 4) is 5.88 Å². The summed E-state index contributed by atoms with van der Waals surface area (Å²) in [6.07, 6.45) is 0. The van der Waals surface area contributed by atoms with Gasteiger partial charge in [-0.25, -0.2) is 0 Å². The zero-order chi connectivity index (χ0) is 14.1. The third-order valence-corrected chi connectivity index (χ3v) is 3.34. The molecule has 0 atom stereocenters. The molecule has 0 aliphatic rings. The molecule has 1 heterocycles. The first-order chi connectivity index (χ1) is 9.65. The molecule has 0 radical (unpaired) electrons. The molecule has 1 aromatic heterocycles. The molecule has 100 valence electrons. The van der Waals surface area contributed by atoms with Crippen molar-refractivity contribution < 1.29 is 5.11 Å². The molecular weight excluding hydrogens is 274 g/mol. The summed E-state index contributed by atoms with van der Waals surface area (Å²) in [6, 6.07) is 13.0. The van der Waals surface area contributed by atoms with Gasteiger partial charge in [-0.2, -0.15) is 0 Å². The lowest BCUT2D eigenvalue weighted by molar-refractivity contribution is 0.459. The van der Waals surface area contributed by atoms with E-state index in [-0.39, 0.29) is 5.88 Å². The van der Waals surface area contributed by atoms with Crippen LogP contribution in [0.5, 0.6) is 5.88 Å². The number of rotatable bonds is 2. The van der Waals surface area contributed by atoms with Crippen molar-refractivity contribution in [1.82, 2.24) is 4.98 Å². The number of hydrogen-bond donors (Lipinski definition) is 2. The second-order valence-corrected chi connectivity index (χ2v) is 4.93. The first-order valence-electron chi connectivity index (χ1n) is 6.13. The van der Waals surface area contributed by atoms with E-state index < -0.39 is 0 Å². The number of aryl methyl sites for hydroxylation is 1. The zero-order valence-corrected chi connectivity index (χ0v) is 11.5. The molecule has 0 aliphatic heterocycles. The van der Waals surface area contributed by atoms with Crippen LogP contribution >= 0.6 is 11.6 Å². The van der Waals surface area contributed by atoms with E-state index >= 15 is 0 Å². The van der Waals surface area contributed by atoms with E-state index in [2.05, 4.69) is 15.2 Å². The SMILES string of the molecule is Cc1ccc2[nH]c(O)c(N=Nc3ccccc3Cl)c2c1. The molecule has 0 aliphatic carbocycles. The van der Waals surface area contributed by atoms with Gasteiger partial charge in [-0.3, -0.25) is 0 Å². The Kier molecular flexibility index (Phi) is 3.16. The molecule has 0 unspecified atom stereocenters. The highest BCUT2D eigenvalue weighted by Gasteiger charge is 2.10. The average molecular weight is 286 g/mol. The van der Waals surface area contributed by atoms with E-state index in [1.165, 1.54) is 0 Å². The van der Waals surface area contributed by atoms with Crippen LogP contribution in [-0.4, -0.2) is 10.1 Å². The smallest absolute Gasteiger partial charge is 0.218 e. The van der Waals surface area contributed by atoms with Crippen molar-refractivity contribution in [3.05, 3.63) is 53.1 Å². The van der Waals surface area contributed by atoms with Gasteiger partial charge < -0.3 is 10.1 Å². The van der Waals surface area contributed by atoms with Gasteiger partial charge >= 0.3 is 0 Å². The van der Waals surface area contributed by atoms with Gasteiger partial charge in [0, 0.05) is 5.39 Å². The minimum absolute atomic E-state index is 0.00130. The van der Waals surface area contributed by atoms with Crippen LogP contribution in [0, 0.1) is 6.92 Å². The second kappa shape index (κ2) is 4.98. The van der Waals surface area contributed by atoms with Gasteiger partial charge in [-0.1, -0.05) is 35.4 Å². The Morgan fingerprint density at radius 1 is 1.10 bits per heavy atom. The van der Waals surface area contributed by atoms with Crippen molar-refractivity contribution in [2.45, 2.75) is 6.92 Å². The fourth-order valence-corrected chi connectivity index (χ4v) is 2.19. The molecule has 4 nitrogen and oxygen atoms in total. The Bertz CT molecular complexity index is 808. The normalized spacial score (nSPS) is 11.5. The van der Waals surface area contributed by atoms with Gasteiger partial charge in [-0.05, 0) is 31.2 Å². The Morgan fingerprint density at radius 3 is 2.70 bits per heavy atom. The lowest BCUT2D eigenvalue weighted by Crippen LogP contribution is -1.71. The second-order valence-electron chi connectivity index (χ2n) is 4.52. The molecule has 5 heteroatoms. The van der Waals surface area contributed by atoms with E-state index in [9.17, 15) is 5.11 Å². The minimum Gasteiger partial charge on any atom is -0.493 e. The van der Waals surface area contributed by atoms with Crippen molar-refractivity contribution >= 4 is 33.9 Å². The summed E-state index contributed by atoms with van der Waals surface area (Å²) in [5.74, 6) is 0.00130. The van der Waals surface area contributed by atoms with Crippen LogP contribution in [0.1, 0.15) is 5.56 Å². The first kappa shape index (κ1) is 12.7. The number of aromatic hydroxyl groups is 1. The molecule has 0 bridgehead atoms. The fourth-order valence-electron chi connectivity index (χ4n) is 2.02. The lowest BCUT2D eigenvalue weighted by Gasteiger charge is -1.96. The Labute approximate surface area is 120 Å². The van der Waals surface area contributed by atoms with E-state index in [1.807, 2.05) is 37.3 Å². The molecule has 0 saturated heterocycles. The summed E-state index contributed by atoms with van der Waals surface area (Å²) in [6.45, 7) is 1.98. The minimum atomic E-state index is 0.00130. The number of fused-ring (bicyclic) bond motifs is 1. The Morgan fingerprint density at radius 2 is 1.90 bits per heavy atom. The highest BCUT2D eigenvalue weighted by molar-refractivity contribution is 6.32. The largest absolute Gasteiger partial charge is 0.493 e. The highest BCUT2D eigenvalue weighted by Crippen LogP contribution is 2.37. The van der Waals surface area contributed by atoms with Crippen molar-refractivity contribution in [3.63, 3.8) is 0 Å². The maximum absolute atomic E-state index is 9.93. The zero-order valence-electron chi connectivity index (χ0n) is 10.8. The number of nitrogens with one attached hydrogen (secondary N) is 1. The number of azo groups is 1. The van der Waals surface area contributed by atoms with Crippen LogP contribution in [-0.2, 0) is 0 Å². The predicted octanol–water partition coefficient (Wildman–Crippen LogP) is 5.25. The predicted molar refractivity (Wildman–Crippen MR) is 80.3 cm³/mol. The Balaban J connectivity index is 2.09. The molecule has 0 saturated carbocycles. The van der Waals surface area contributed by atoms with E-state index in [4.69, 9.17) is 11.6 Å². The molecular formula is C15H12ClN3O. The van der Waals surface area contributed by atoms with Gasteiger partial charge in [0.25, 0.3) is 0 Å². The van der Waals surface area contributed by atoms with Crippen LogP contribution in [0.15, 0.2) is 52.7 Å². The van der Waals surface area contributed by atoms with E-state index in [1.54, 1.807) is 12.1 Å². The van der Waals surface area contributed by atoms with Crippen LogP contribution in [0.4, 0.5) is 11.4 Å². The van der Waals surface area contributed by atoms with Gasteiger partial charge in [0.05, 0.1) is 10.5 Å². The van der Waals surface area contributed by atoms with Gasteiger partial charge in [0.1, 0.15) is 5.69 Å². The molecule has 3 rings (SSSR count). The molecule has 2 aromatic carbocycles. The summed E-state index contributed by atoms with van der Waals surface area (Å²) in [4.78, 5) is 2.87. The summed E-state index contributed by atoms with van der Waals surface area (Å²) in [7, 11) is 0. The fraction of sp³-hybridized carbons (Fsp3) is 0.0667. The maximum Gasteiger partial charge on any atom is 0.218 e. The molecule has 2 N–H and O–H groups in total. The average Bonchev–Trinajstić information content (AvgIpc) is 2.73. The third kappa shape index (κ3) is 2.26. The van der Waals surface area contributed by atoms with E-state index in [0.29, 0.717) is 16.4 Å². The van der Waals surface area contributed by atoms with Crippen LogP contribution in [0.25, 0.3) is 10.9 Å². The number of H-pyrrole nitrogens is 1. The van der Waals surface area contributed by atoms with Crippen molar-refractivity contribution in [2.75, 3.05) is 0 Å². The number of aromatic amines is 1. The summed E-state index contributed by atoms with van der Waals surface area (Å²) >= 11 is 6.02. The Hall–Kier alpha value is -2.33. The third-order valence-electron chi connectivity index (χ3n) is 3.02. The monoisotopic (exact) mass is 285 g/mol. The van der Waals surface area contributed by atoms with Crippen LogP contribution < -0.4 is 0 Å². The summed E-state index contributed by atoms with van der Waals surface area (Å²) in [5.41, 5.74) is 2.89. The molecule has 0 fully saturated rings. The molecule has 0 spiro atoms. The van der Waals surface area contributed by atoms with Gasteiger partial charge in [0.15, 0.2) is 5.69 Å². The summed E-state index contributed by atoms with van der Waals surface area (Å²) in [5, 5.41) is 19.5. The number of nitrogens with zero attached hydrogens (tertiary/aromatic N) is 2. The number of aromatic nitrogens is 1. The molecule has 3 aromatic rings. The van der Waals surface area contributed by atoms with Gasteiger partial charge in [-0.15, -0.1) is 10.2 Å². The lowest BCUT2D eigenvalue weighted by atomic mass is 10.2.